The van der Waals surface area contributed by atoms with E-state index in [4.69, 9.17) is 0 Å². The fourth-order valence-electron chi connectivity index (χ4n) is 2.18. The number of nitrogens with zero attached hydrogens (tertiary/aromatic N) is 5. The first-order valence-corrected chi connectivity index (χ1v) is 7.98. The predicted octanol–water partition coefficient (Wildman–Crippen LogP) is 4.19. The summed E-state index contributed by atoms with van der Waals surface area (Å²) in [7, 11) is 0. The molecule has 0 amide bonds. The summed E-state index contributed by atoms with van der Waals surface area (Å²) >= 11 is 0. The van der Waals surface area contributed by atoms with E-state index in [1.807, 2.05) is 60.7 Å². The largest absolute Gasteiger partial charge is 0.270 e. The van der Waals surface area contributed by atoms with E-state index in [1.165, 1.54) is 0 Å². The number of hydrogen-bond donors (Lipinski definition) is 0. The Morgan fingerprint density at radius 2 is 1.46 bits per heavy atom. The minimum Gasteiger partial charge on any atom is -0.228 e. The molecule has 3 rings (SSSR count). The van der Waals surface area contributed by atoms with Crippen LogP contribution in [-0.2, 0) is 6.54 Å². The van der Waals surface area contributed by atoms with Crippen molar-refractivity contribution < 1.29 is 0 Å². The van der Waals surface area contributed by atoms with Crippen LogP contribution in [0.2, 0.25) is 0 Å². The molecule has 2 aromatic carbocycles. The third-order valence-electron chi connectivity index (χ3n) is 3.33. The van der Waals surface area contributed by atoms with Crippen LogP contribution in [0.3, 0.4) is 0 Å². The molecule has 0 radical (unpaired) electrons. The molecule has 5 nitrogen and oxygen atoms in total. The molecule has 0 aliphatic carbocycles. The molecule has 120 valence electrons. The Labute approximate surface area is 141 Å². The van der Waals surface area contributed by atoms with Crippen LogP contribution >= 0.6 is 0 Å². The molecule has 0 aliphatic heterocycles. The highest BCUT2D eigenvalue weighted by Gasteiger charge is 2.06. The Hall–Kier alpha value is -3.08. The highest BCUT2D eigenvalue weighted by Crippen LogP contribution is 2.15. The van der Waals surface area contributed by atoms with Gasteiger partial charge in [0.15, 0.2) is 0 Å². The van der Waals surface area contributed by atoms with Gasteiger partial charge in [-0.25, -0.2) is 14.7 Å². The molecule has 0 saturated carbocycles. The van der Waals surface area contributed by atoms with E-state index in [1.54, 1.807) is 17.1 Å². The summed E-state index contributed by atoms with van der Waals surface area (Å²) in [5.41, 5.74) is 2.04. The second-order valence-corrected chi connectivity index (χ2v) is 5.27. The lowest BCUT2D eigenvalue weighted by atomic mass is 10.2. The summed E-state index contributed by atoms with van der Waals surface area (Å²) in [6.07, 6.45) is 4.51. The van der Waals surface area contributed by atoms with Crippen molar-refractivity contribution in [1.29, 1.82) is 0 Å². The minimum absolute atomic E-state index is 0.424. The number of benzene rings is 2. The van der Waals surface area contributed by atoms with Gasteiger partial charge in [0.05, 0.1) is 0 Å². The lowest BCUT2D eigenvalue weighted by Crippen LogP contribution is -1.98. The van der Waals surface area contributed by atoms with Gasteiger partial charge in [-0.05, 0) is 17.5 Å². The van der Waals surface area contributed by atoms with Crippen molar-refractivity contribution in [2.45, 2.75) is 19.9 Å². The smallest absolute Gasteiger partial charge is 0.228 e. The zero-order valence-corrected chi connectivity index (χ0v) is 13.6. The fourth-order valence-corrected chi connectivity index (χ4v) is 2.18. The zero-order valence-electron chi connectivity index (χ0n) is 13.6. The van der Waals surface area contributed by atoms with E-state index in [9.17, 15) is 0 Å². The second-order valence-electron chi connectivity index (χ2n) is 5.27. The van der Waals surface area contributed by atoms with Gasteiger partial charge in [0.1, 0.15) is 0 Å². The van der Waals surface area contributed by atoms with Crippen LogP contribution in [-0.4, -0.2) is 27.2 Å². The fraction of sp³-hybridized carbons (Fsp3) is 0.158. The number of aromatic nitrogens is 3. The van der Waals surface area contributed by atoms with Gasteiger partial charge in [-0.3, -0.25) is 0 Å². The van der Waals surface area contributed by atoms with E-state index >= 15 is 0 Å². The normalized spacial score (nSPS) is 11.5. The molecule has 5 heteroatoms. The van der Waals surface area contributed by atoms with Crippen LogP contribution in [0.4, 0.5) is 11.9 Å². The van der Waals surface area contributed by atoms with E-state index in [2.05, 4.69) is 27.0 Å². The molecule has 0 spiro atoms. The Kier molecular flexibility index (Phi) is 5.24. The minimum atomic E-state index is 0.424. The average molecular weight is 317 g/mol. The molecule has 0 bridgehead atoms. The molecule has 1 heterocycles. The molecule has 1 aromatic heterocycles. The maximum Gasteiger partial charge on any atom is 0.270 e. The summed E-state index contributed by atoms with van der Waals surface area (Å²) in [6, 6.07) is 19.8. The lowest BCUT2D eigenvalue weighted by Gasteiger charge is -1.98. The van der Waals surface area contributed by atoms with Crippen LogP contribution in [0, 0.1) is 0 Å². The molecule has 3 aromatic rings. The van der Waals surface area contributed by atoms with Crippen molar-refractivity contribution in [3.05, 3.63) is 71.8 Å². The number of rotatable bonds is 6. The molecular formula is C19H19N5. The van der Waals surface area contributed by atoms with Crippen molar-refractivity contribution in [3.63, 3.8) is 0 Å². The van der Waals surface area contributed by atoms with Crippen molar-refractivity contribution in [1.82, 2.24) is 14.8 Å². The first-order chi connectivity index (χ1) is 11.8. The van der Waals surface area contributed by atoms with Crippen LogP contribution < -0.4 is 0 Å². The van der Waals surface area contributed by atoms with E-state index in [-0.39, 0.29) is 0 Å². The van der Waals surface area contributed by atoms with Gasteiger partial charge >= 0.3 is 0 Å². The molecule has 24 heavy (non-hydrogen) atoms. The van der Waals surface area contributed by atoms with Gasteiger partial charge < -0.3 is 0 Å². The monoisotopic (exact) mass is 317 g/mol. The first kappa shape index (κ1) is 15.8. The highest BCUT2D eigenvalue weighted by atomic mass is 15.4. The topological polar surface area (TPSA) is 55.4 Å². The molecule has 0 N–H and O–H groups in total. The van der Waals surface area contributed by atoms with Crippen LogP contribution in [0.15, 0.2) is 70.6 Å². The summed E-state index contributed by atoms with van der Waals surface area (Å²) in [6.45, 7) is 2.86. The van der Waals surface area contributed by atoms with Crippen molar-refractivity contribution in [2.24, 2.45) is 9.98 Å². The Morgan fingerprint density at radius 1 is 0.875 bits per heavy atom. The third-order valence-corrected chi connectivity index (χ3v) is 3.33. The number of aryl methyl sites for hydroxylation is 1. The summed E-state index contributed by atoms with van der Waals surface area (Å²) in [4.78, 5) is 13.2. The van der Waals surface area contributed by atoms with Gasteiger partial charge in [-0.2, -0.15) is 4.98 Å². The number of aliphatic imine (C=N–C) groups is 2. The Morgan fingerprint density at radius 3 is 2.04 bits per heavy atom. The van der Waals surface area contributed by atoms with Crippen LogP contribution in [0.5, 0.6) is 0 Å². The van der Waals surface area contributed by atoms with E-state index in [0.29, 0.717) is 11.9 Å². The maximum absolute atomic E-state index is 4.46. The van der Waals surface area contributed by atoms with Gasteiger partial charge in [-0.1, -0.05) is 67.6 Å². The molecule has 0 saturated heterocycles. The third kappa shape index (κ3) is 4.23. The quantitative estimate of drug-likeness (QED) is 0.640. The van der Waals surface area contributed by atoms with Gasteiger partial charge in [0, 0.05) is 19.0 Å². The standard InChI is InChI=1S/C19H19N5/c1-2-13-24-19(21-15-17-11-7-4-8-12-17)22-18(23-24)20-14-16-9-5-3-6-10-16/h3-12,14-15H,2,13H2,1H3. The van der Waals surface area contributed by atoms with Gasteiger partial charge in [-0.15, -0.1) is 5.10 Å². The molecular weight excluding hydrogens is 298 g/mol. The maximum atomic E-state index is 4.46. The molecule has 0 aliphatic rings. The first-order valence-electron chi connectivity index (χ1n) is 7.98. The highest BCUT2D eigenvalue weighted by molar-refractivity contribution is 5.82. The number of hydrogen-bond acceptors (Lipinski definition) is 4. The molecule has 0 unspecified atom stereocenters. The zero-order chi connectivity index (χ0) is 16.6. The van der Waals surface area contributed by atoms with E-state index < -0.39 is 0 Å². The van der Waals surface area contributed by atoms with Crippen LogP contribution in [0.25, 0.3) is 0 Å². The van der Waals surface area contributed by atoms with Crippen molar-refractivity contribution in [2.75, 3.05) is 0 Å². The molecule has 0 atom stereocenters. The van der Waals surface area contributed by atoms with Crippen molar-refractivity contribution >= 4 is 24.3 Å². The van der Waals surface area contributed by atoms with Crippen LogP contribution in [0.1, 0.15) is 24.5 Å². The SMILES string of the molecule is CCCn1nc(N=Cc2ccccc2)nc1N=Cc1ccccc1. The average Bonchev–Trinajstić information content (AvgIpc) is 3.02. The Balaban J connectivity index is 1.82. The van der Waals surface area contributed by atoms with Gasteiger partial charge in [0.2, 0.25) is 5.95 Å². The van der Waals surface area contributed by atoms with Crippen molar-refractivity contribution in [3.8, 4) is 0 Å². The van der Waals surface area contributed by atoms with E-state index in [0.717, 1.165) is 24.1 Å². The second kappa shape index (κ2) is 7.97. The summed E-state index contributed by atoms with van der Waals surface area (Å²) in [5, 5.41) is 4.42. The lowest BCUT2D eigenvalue weighted by molar-refractivity contribution is 0.607. The summed E-state index contributed by atoms with van der Waals surface area (Å²) in [5.74, 6) is 0.994. The van der Waals surface area contributed by atoms with Gasteiger partial charge in [0.25, 0.3) is 5.95 Å². The Bertz CT molecular complexity index is 819. The predicted molar refractivity (Wildman–Crippen MR) is 97.7 cm³/mol. The summed E-state index contributed by atoms with van der Waals surface area (Å²) < 4.78 is 1.79. The molecule has 0 fully saturated rings.